The van der Waals surface area contributed by atoms with Crippen LogP contribution < -0.4 is 23.7 Å². The zero-order valence-electron chi connectivity index (χ0n) is 23.1. The van der Waals surface area contributed by atoms with Crippen LogP contribution in [-0.4, -0.2) is 49.0 Å². The number of carbonyl (C=O) groups is 6. The Morgan fingerprint density at radius 3 is 1.85 bits per heavy atom. The van der Waals surface area contributed by atoms with Gasteiger partial charge in [-0.15, -0.1) is 0 Å². The van der Waals surface area contributed by atoms with E-state index in [1.54, 1.807) is 0 Å². The van der Waals surface area contributed by atoms with Crippen molar-refractivity contribution >= 4 is 35.8 Å². The molecule has 0 fully saturated rings. The van der Waals surface area contributed by atoms with E-state index in [4.69, 9.17) is 33.2 Å². The first-order chi connectivity index (χ1) is 19.3. The second-order valence-electron chi connectivity index (χ2n) is 8.91. The minimum Gasteiger partial charge on any atom is -0.481 e. The molecule has 2 aromatic carbocycles. The molecule has 41 heavy (non-hydrogen) atoms. The maximum Gasteiger partial charge on any atom is 0.308 e. The molecule has 2 aromatic rings. The first-order valence-electron chi connectivity index (χ1n) is 12.2. The highest BCUT2D eigenvalue weighted by Crippen LogP contribution is 2.51. The summed E-state index contributed by atoms with van der Waals surface area (Å²) in [5.41, 5.74) is 0.469. The Morgan fingerprint density at radius 2 is 1.29 bits per heavy atom. The van der Waals surface area contributed by atoms with Crippen molar-refractivity contribution in [1.82, 2.24) is 0 Å². The van der Waals surface area contributed by atoms with Crippen LogP contribution in [0.1, 0.15) is 64.2 Å². The second kappa shape index (κ2) is 12.9. The molecule has 0 amide bonds. The van der Waals surface area contributed by atoms with Gasteiger partial charge in [0.2, 0.25) is 0 Å². The summed E-state index contributed by atoms with van der Waals surface area (Å²) >= 11 is 0. The predicted octanol–water partition coefficient (Wildman–Crippen LogP) is 3.10. The van der Waals surface area contributed by atoms with Crippen molar-refractivity contribution in [3.63, 3.8) is 0 Å². The van der Waals surface area contributed by atoms with Gasteiger partial charge in [-0.1, -0.05) is 6.07 Å². The molecule has 13 heteroatoms. The number of ether oxygens (including phenoxy) is 7. The van der Waals surface area contributed by atoms with Crippen molar-refractivity contribution in [3.8, 4) is 28.7 Å². The zero-order valence-corrected chi connectivity index (χ0v) is 23.1. The number of hydrogen-bond donors (Lipinski definition) is 0. The standard InChI is InChI=1S/C28H28O13/c1-13(29)36-19-10-23(39-16(4)32)26-20(12-25(34)35-6)28(40-17(5)33)27(41-24(26)11-19)18-7-8-21(37-14(2)30)22(9-18)38-15(3)31/h7-11,20,27-28H,12H2,1-6H3. The smallest absolute Gasteiger partial charge is 0.308 e. The highest BCUT2D eigenvalue weighted by atomic mass is 16.6. The van der Waals surface area contributed by atoms with E-state index >= 15 is 0 Å². The van der Waals surface area contributed by atoms with Crippen molar-refractivity contribution < 1.29 is 61.9 Å². The largest absolute Gasteiger partial charge is 0.481 e. The molecule has 1 aliphatic rings. The van der Waals surface area contributed by atoms with Gasteiger partial charge in [0, 0.05) is 63.8 Å². The Balaban J connectivity index is 2.28. The van der Waals surface area contributed by atoms with Gasteiger partial charge in [-0.2, -0.15) is 0 Å². The molecule has 1 heterocycles. The summed E-state index contributed by atoms with van der Waals surface area (Å²) in [6.07, 6.45) is -2.71. The highest BCUT2D eigenvalue weighted by molar-refractivity contribution is 5.76. The molecule has 0 aromatic heterocycles. The molecular weight excluding hydrogens is 544 g/mol. The molecule has 1 aliphatic heterocycles. The number of benzene rings is 2. The van der Waals surface area contributed by atoms with Crippen LogP contribution in [0.5, 0.6) is 28.7 Å². The van der Waals surface area contributed by atoms with Gasteiger partial charge in [-0.05, 0) is 12.1 Å². The zero-order chi connectivity index (χ0) is 30.4. The average Bonchev–Trinajstić information content (AvgIpc) is 2.84. The van der Waals surface area contributed by atoms with Crippen LogP contribution in [0.3, 0.4) is 0 Å². The summed E-state index contributed by atoms with van der Waals surface area (Å²) in [7, 11) is 1.18. The third-order valence-corrected chi connectivity index (χ3v) is 5.63. The Morgan fingerprint density at radius 1 is 0.707 bits per heavy atom. The van der Waals surface area contributed by atoms with Crippen LogP contribution in [0.25, 0.3) is 0 Å². The molecule has 3 unspecified atom stereocenters. The van der Waals surface area contributed by atoms with Gasteiger partial charge in [0.05, 0.1) is 13.5 Å². The van der Waals surface area contributed by atoms with Gasteiger partial charge >= 0.3 is 35.8 Å². The summed E-state index contributed by atoms with van der Waals surface area (Å²) in [6.45, 7) is 5.80. The number of hydrogen-bond acceptors (Lipinski definition) is 13. The van der Waals surface area contributed by atoms with Gasteiger partial charge in [-0.3, -0.25) is 28.8 Å². The first-order valence-corrected chi connectivity index (χ1v) is 12.2. The van der Waals surface area contributed by atoms with Crippen LogP contribution >= 0.6 is 0 Å². The van der Waals surface area contributed by atoms with Crippen molar-refractivity contribution in [2.24, 2.45) is 0 Å². The summed E-state index contributed by atoms with van der Waals surface area (Å²) in [5, 5.41) is 0. The first kappa shape index (κ1) is 30.6. The van der Waals surface area contributed by atoms with E-state index in [2.05, 4.69) is 0 Å². The molecule has 0 saturated carbocycles. The summed E-state index contributed by atoms with van der Waals surface area (Å²) in [6, 6.07) is 6.81. The Labute approximate surface area is 234 Å². The predicted molar refractivity (Wildman–Crippen MR) is 136 cm³/mol. The lowest BCUT2D eigenvalue weighted by Crippen LogP contribution is -2.39. The fourth-order valence-electron chi connectivity index (χ4n) is 4.33. The summed E-state index contributed by atoms with van der Waals surface area (Å²) in [5.74, 6) is -5.41. The molecule has 0 aliphatic carbocycles. The fraction of sp³-hybridized carbons (Fsp3) is 0.357. The van der Waals surface area contributed by atoms with E-state index in [9.17, 15) is 28.8 Å². The Hall–Kier alpha value is -4.94. The van der Waals surface area contributed by atoms with E-state index < -0.39 is 53.9 Å². The molecule has 13 nitrogen and oxygen atoms in total. The molecule has 218 valence electrons. The maximum absolute atomic E-state index is 12.5. The van der Waals surface area contributed by atoms with Gasteiger partial charge in [-0.25, -0.2) is 0 Å². The van der Waals surface area contributed by atoms with Crippen LogP contribution in [0.2, 0.25) is 0 Å². The lowest BCUT2D eigenvalue weighted by molar-refractivity contribution is -0.158. The number of carbonyl (C=O) groups excluding carboxylic acids is 6. The lowest BCUT2D eigenvalue weighted by atomic mass is 9.81. The van der Waals surface area contributed by atoms with Crippen molar-refractivity contribution in [2.75, 3.05) is 7.11 Å². The topological polar surface area (TPSA) is 167 Å². The van der Waals surface area contributed by atoms with Gasteiger partial charge < -0.3 is 33.2 Å². The monoisotopic (exact) mass is 572 g/mol. The lowest BCUT2D eigenvalue weighted by Gasteiger charge is -2.39. The molecule has 0 radical (unpaired) electrons. The second-order valence-corrected chi connectivity index (χ2v) is 8.91. The van der Waals surface area contributed by atoms with E-state index in [0.29, 0.717) is 0 Å². The number of fused-ring (bicyclic) bond motifs is 1. The van der Waals surface area contributed by atoms with Crippen molar-refractivity contribution in [3.05, 3.63) is 41.5 Å². The van der Waals surface area contributed by atoms with E-state index in [-0.39, 0.29) is 46.3 Å². The minimum atomic E-state index is -1.21. The third-order valence-electron chi connectivity index (χ3n) is 5.63. The van der Waals surface area contributed by atoms with Crippen LogP contribution in [-0.2, 0) is 38.2 Å². The SMILES string of the molecule is COC(=O)CC1c2c(OC(C)=O)cc(OC(C)=O)cc2OC(c2ccc(OC(C)=O)c(OC(C)=O)c2)C1OC(C)=O. The van der Waals surface area contributed by atoms with Crippen LogP contribution in [0.4, 0.5) is 0 Å². The van der Waals surface area contributed by atoms with E-state index in [1.165, 1.54) is 51.3 Å². The highest BCUT2D eigenvalue weighted by Gasteiger charge is 2.45. The molecule has 0 bridgehead atoms. The third kappa shape index (κ3) is 7.81. The molecule has 3 atom stereocenters. The van der Waals surface area contributed by atoms with Gasteiger partial charge in [0.25, 0.3) is 0 Å². The molecule has 0 N–H and O–H groups in total. The fourth-order valence-corrected chi connectivity index (χ4v) is 4.33. The molecular formula is C28H28O13. The normalized spacial score (nSPS) is 17.2. The van der Waals surface area contributed by atoms with Gasteiger partial charge in [0.15, 0.2) is 23.7 Å². The average molecular weight is 573 g/mol. The van der Waals surface area contributed by atoms with E-state index in [1.807, 2.05) is 0 Å². The summed E-state index contributed by atoms with van der Waals surface area (Å²) < 4.78 is 37.7. The van der Waals surface area contributed by atoms with E-state index in [0.717, 1.165) is 20.8 Å². The molecule has 3 rings (SSSR count). The van der Waals surface area contributed by atoms with Crippen LogP contribution in [0, 0.1) is 0 Å². The summed E-state index contributed by atoms with van der Waals surface area (Å²) in [4.78, 5) is 71.8. The quantitative estimate of drug-likeness (QED) is 0.335. The maximum atomic E-state index is 12.5. The number of methoxy groups -OCH3 is 1. The number of rotatable bonds is 8. The molecule has 0 saturated heterocycles. The van der Waals surface area contributed by atoms with Crippen LogP contribution in [0.15, 0.2) is 30.3 Å². The minimum absolute atomic E-state index is 0.0280. The van der Waals surface area contributed by atoms with Gasteiger partial charge in [0.1, 0.15) is 17.2 Å². The molecule has 0 spiro atoms. The van der Waals surface area contributed by atoms with Crippen molar-refractivity contribution in [2.45, 2.75) is 59.2 Å². The Bertz CT molecular complexity index is 1390. The number of esters is 6. The van der Waals surface area contributed by atoms with Crippen molar-refractivity contribution in [1.29, 1.82) is 0 Å². The Kier molecular flexibility index (Phi) is 9.66.